The van der Waals surface area contributed by atoms with Crippen molar-refractivity contribution in [2.75, 3.05) is 6.54 Å². The van der Waals surface area contributed by atoms with Crippen molar-refractivity contribution in [2.24, 2.45) is 0 Å². The summed E-state index contributed by atoms with van der Waals surface area (Å²) in [6.07, 6.45) is 0. The highest BCUT2D eigenvalue weighted by atomic mass is 79.9. The van der Waals surface area contributed by atoms with E-state index in [1.54, 1.807) is 0 Å². The van der Waals surface area contributed by atoms with Crippen LogP contribution >= 0.6 is 27.5 Å². The molecule has 0 heterocycles. The second-order valence-corrected chi connectivity index (χ2v) is 5.59. The lowest BCUT2D eigenvalue weighted by molar-refractivity contribution is 0.0952. The van der Waals surface area contributed by atoms with E-state index in [0.717, 1.165) is 5.56 Å². The number of hydrogen-bond acceptors (Lipinski definition) is 1. The van der Waals surface area contributed by atoms with Gasteiger partial charge in [-0.2, -0.15) is 0 Å². The fourth-order valence-corrected chi connectivity index (χ4v) is 2.38. The molecule has 0 aromatic heterocycles. The van der Waals surface area contributed by atoms with Crippen molar-refractivity contribution in [1.82, 2.24) is 5.32 Å². The number of alkyl halides is 1. The molecule has 1 N–H and O–H groups in total. The lowest BCUT2D eigenvalue weighted by atomic mass is 10.1. The first-order valence-electron chi connectivity index (χ1n) is 6.00. The van der Waals surface area contributed by atoms with Gasteiger partial charge in [0.15, 0.2) is 0 Å². The molecular formula is C15H12BrClFNO. The first kappa shape index (κ1) is 15.0. The summed E-state index contributed by atoms with van der Waals surface area (Å²) in [7, 11) is 0. The highest BCUT2D eigenvalue weighted by Crippen LogP contribution is 2.20. The highest BCUT2D eigenvalue weighted by Gasteiger charge is 2.13. The number of amides is 1. The molecule has 1 unspecified atom stereocenters. The summed E-state index contributed by atoms with van der Waals surface area (Å²) in [5, 5.41) is 2.37. The summed E-state index contributed by atoms with van der Waals surface area (Å²) in [6.45, 7) is 0.271. The van der Waals surface area contributed by atoms with Crippen LogP contribution in [-0.4, -0.2) is 12.5 Å². The molecule has 0 radical (unpaired) electrons. The maximum atomic E-state index is 13.1. The van der Waals surface area contributed by atoms with E-state index in [2.05, 4.69) is 21.2 Å². The van der Waals surface area contributed by atoms with Gasteiger partial charge in [-0.3, -0.25) is 4.79 Å². The summed E-state index contributed by atoms with van der Waals surface area (Å²) in [4.78, 5) is 12.0. The zero-order chi connectivity index (χ0) is 14.5. The standard InChI is InChI=1S/C15H12BrClFNO/c16-13-7-6-11(18)8-12(13)15(20)19-9-14(17)10-4-2-1-3-5-10/h1-8,14H,9H2,(H,19,20). The van der Waals surface area contributed by atoms with E-state index >= 15 is 0 Å². The molecule has 20 heavy (non-hydrogen) atoms. The number of rotatable bonds is 4. The van der Waals surface area contributed by atoms with Crippen LogP contribution in [0.25, 0.3) is 0 Å². The van der Waals surface area contributed by atoms with Gasteiger partial charge in [0.1, 0.15) is 5.82 Å². The van der Waals surface area contributed by atoms with Crippen LogP contribution in [0.3, 0.4) is 0 Å². The van der Waals surface area contributed by atoms with Crippen LogP contribution in [0.15, 0.2) is 53.0 Å². The maximum absolute atomic E-state index is 13.1. The molecule has 0 saturated carbocycles. The first-order chi connectivity index (χ1) is 9.58. The minimum atomic E-state index is -0.455. The van der Waals surface area contributed by atoms with Gasteiger partial charge in [-0.15, -0.1) is 11.6 Å². The molecule has 2 nitrogen and oxygen atoms in total. The third kappa shape index (κ3) is 3.81. The average Bonchev–Trinajstić information content (AvgIpc) is 2.47. The van der Waals surface area contributed by atoms with Gasteiger partial charge in [-0.05, 0) is 39.7 Å². The van der Waals surface area contributed by atoms with Gasteiger partial charge in [0.2, 0.25) is 0 Å². The molecular weight excluding hydrogens is 345 g/mol. The van der Waals surface area contributed by atoms with Crippen LogP contribution < -0.4 is 5.32 Å². The van der Waals surface area contributed by atoms with Crippen LogP contribution in [0.2, 0.25) is 0 Å². The Balaban J connectivity index is 2.00. The largest absolute Gasteiger partial charge is 0.350 e. The second kappa shape index (κ2) is 6.86. The average molecular weight is 357 g/mol. The van der Waals surface area contributed by atoms with Gasteiger partial charge >= 0.3 is 0 Å². The minimum absolute atomic E-state index is 0.252. The predicted molar refractivity (Wildman–Crippen MR) is 81.5 cm³/mol. The summed E-state index contributed by atoms with van der Waals surface area (Å²) in [5.41, 5.74) is 1.18. The topological polar surface area (TPSA) is 29.1 Å². The van der Waals surface area contributed by atoms with Crippen LogP contribution in [-0.2, 0) is 0 Å². The lowest BCUT2D eigenvalue weighted by Crippen LogP contribution is -2.27. The van der Waals surface area contributed by atoms with Crippen molar-refractivity contribution in [3.05, 3.63) is 69.9 Å². The second-order valence-electron chi connectivity index (χ2n) is 4.21. The van der Waals surface area contributed by atoms with Crippen molar-refractivity contribution in [2.45, 2.75) is 5.38 Å². The Morgan fingerprint density at radius 1 is 1.25 bits per heavy atom. The predicted octanol–water partition coefficient (Wildman–Crippen LogP) is 4.30. The third-order valence-electron chi connectivity index (χ3n) is 2.78. The number of nitrogens with one attached hydrogen (secondary N) is 1. The fraction of sp³-hybridized carbons (Fsp3) is 0.133. The zero-order valence-corrected chi connectivity index (χ0v) is 12.8. The highest BCUT2D eigenvalue weighted by molar-refractivity contribution is 9.10. The SMILES string of the molecule is O=C(NCC(Cl)c1ccccc1)c1cc(F)ccc1Br. The van der Waals surface area contributed by atoms with Crippen molar-refractivity contribution >= 4 is 33.4 Å². The van der Waals surface area contributed by atoms with Gasteiger partial charge in [0.25, 0.3) is 5.91 Å². The van der Waals surface area contributed by atoms with Crippen LogP contribution in [0.5, 0.6) is 0 Å². The van der Waals surface area contributed by atoms with Crippen molar-refractivity contribution < 1.29 is 9.18 Å². The Kier molecular flexibility index (Phi) is 5.15. The normalized spacial score (nSPS) is 11.9. The summed E-state index contributed by atoms with van der Waals surface area (Å²) >= 11 is 9.43. The molecule has 0 saturated heterocycles. The fourth-order valence-electron chi connectivity index (χ4n) is 1.73. The van der Waals surface area contributed by atoms with Gasteiger partial charge in [0.05, 0.1) is 10.9 Å². The third-order valence-corrected chi connectivity index (χ3v) is 3.87. The molecule has 0 aliphatic carbocycles. The molecule has 0 spiro atoms. The van der Waals surface area contributed by atoms with Gasteiger partial charge < -0.3 is 5.32 Å². The zero-order valence-electron chi connectivity index (χ0n) is 10.4. The lowest BCUT2D eigenvalue weighted by Gasteiger charge is -2.12. The first-order valence-corrected chi connectivity index (χ1v) is 7.23. The molecule has 5 heteroatoms. The van der Waals surface area contributed by atoms with E-state index in [1.807, 2.05) is 30.3 Å². The van der Waals surface area contributed by atoms with Crippen molar-refractivity contribution in [1.29, 1.82) is 0 Å². The molecule has 0 aliphatic heterocycles. The molecule has 2 aromatic carbocycles. The summed E-state index contributed by atoms with van der Waals surface area (Å²) in [6, 6.07) is 13.4. The van der Waals surface area contributed by atoms with E-state index < -0.39 is 5.82 Å². The maximum Gasteiger partial charge on any atom is 0.252 e. The smallest absolute Gasteiger partial charge is 0.252 e. The Hall–Kier alpha value is -1.39. The molecule has 2 aromatic rings. The molecule has 1 amide bonds. The van der Waals surface area contributed by atoms with E-state index in [4.69, 9.17) is 11.6 Å². The number of carbonyl (C=O) groups excluding carboxylic acids is 1. The van der Waals surface area contributed by atoms with E-state index in [-0.39, 0.29) is 23.4 Å². The Labute approximate surface area is 130 Å². The molecule has 104 valence electrons. The number of benzene rings is 2. The number of carbonyl (C=O) groups is 1. The quantitative estimate of drug-likeness (QED) is 0.813. The van der Waals surface area contributed by atoms with E-state index in [9.17, 15) is 9.18 Å². The summed E-state index contributed by atoms with van der Waals surface area (Å²) in [5.74, 6) is -0.818. The number of hydrogen-bond donors (Lipinski definition) is 1. The Bertz CT molecular complexity index is 606. The Morgan fingerprint density at radius 2 is 1.95 bits per heavy atom. The minimum Gasteiger partial charge on any atom is -0.350 e. The Morgan fingerprint density at radius 3 is 2.65 bits per heavy atom. The van der Waals surface area contributed by atoms with Gasteiger partial charge in [-0.25, -0.2) is 4.39 Å². The van der Waals surface area contributed by atoms with Crippen molar-refractivity contribution in [3.8, 4) is 0 Å². The van der Waals surface area contributed by atoms with E-state index in [0.29, 0.717) is 4.47 Å². The molecule has 0 bridgehead atoms. The molecule has 0 aliphatic rings. The molecule has 0 fully saturated rings. The molecule has 2 rings (SSSR count). The summed E-state index contributed by atoms with van der Waals surface area (Å²) < 4.78 is 13.7. The van der Waals surface area contributed by atoms with Crippen LogP contribution in [0.4, 0.5) is 4.39 Å². The molecule has 1 atom stereocenters. The van der Waals surface area contributed by atoms with Gasteiger partial charge in [-0.1, -0.05) is 30.3 Å². The van der Waals surface area contributed by atoms with Crippen LogP contribution in [0.1, 0.15) is 21.3 Å². The van der Waals surface area contributed by atoms with E-state index in [1.165, 1.54) is 18.2 Å². The van der Waals surface area contributed by atoms with Crippen LogP contribution in [0, 0.1) is 5.82 Å². The van der Waals surface area contributed by atoms with Crippen molar-refractivity contribution in [3.63, 3.8) is 0 Å². The van der Waals surface area contributed by atoms with Gasteiger partial charge in [0, 0.05) is 11.0 Å². The monoisotopic (exact) mass is 355 g/mol. The number of halogens is 3.